The molecule has 0 saturated carbocycles. The number of carbonyl (C=O) groups is 1. The standard InChI is InChI=1S/C15H21NO3/c1-19-15(18)13-7-10-16(11-8-13)9-6-12-2-4-14(17)5-3-12/h2-5,13,17H,6-11H2,1H3. The first kappa shape index (κ1) is 13.9. The van der Waals surface area contributed by atoms with Crippen molar-refractivity contribution in [2.45, 2.75) is 19.3 Å². The molecule has 1 aliphatic heterocycles. The van der Waals surface area contributed by atoms with Gasteiger partial charge in [-0.05, 0) is 50.0 Å². The first-order valence-corrected chi connectivity index (χ1v) is 6.77. The second-order valence-electron chi connectivity index (χ2n) is 5.06. The number of nitrogens with zero attached hydrogens (tertiary/aromatic N) is 1. The van der Waals surface area contributed by atoms with Gasteiger partial charge >= 0.3 is 5.97 Å². The highest BCUT2D eigenvalue weighted by atomic mass is 16.5. The summed E-state index contributed by atoms with van der Waals surface area (Å²) in [5.74, 6) is 0.316. The van der Waals surface area contributed by atoms with E-state index in [4.69, 9.17) is 4.74 Å². The second-order valence-corrected chi connectivity index (χ2v) is 5.06. The maximum absolute atomic E-state index is 11.4. The Balaban J connectivity index is 1.74. The third-order valence-electron chi connectivity index (χ3n) is 3.78. The van der Waals surface area contributed by atoms with Crippen molar-refractivity contribution < 1.29 is 14.6 Å². The van der Waals surface area contributed by atoms with Crippen LogP contribution < -0.4 is 0 Å². The second kappa shape index (κ2) is 6.57. The first-order chi connectivity index (χ1) is 9.19. The number of piperidine rings is 1. The number of benzene rings is 1. The fourth-order valence-electron chi connectivity index (χ4n) is 2.51. The molecule has 0 aromatic heterocycles. The summed E-state index contributed by atoms with van der Waals surface area (Å²) in [7, 11) is 1.46. The largest absolute Gasteiger partial charge is 0.508 e. The minimum atomic E-state index is -0.0711. The fourth-order valence-corrected chi connectivity index (χ4v) is 2.51. The third kappa shape index (κ3) is 3.96. The van der Waals surface area contributed by atoms with Gasteiger partial charge < -0.3 is 14.7 Å². The maximum Gasteiger partial charge on any atom is 0.308 e. The van der Waals surface area contributed by atoms with Crippen LogP contribution >= 0.6 is 0 Å². The SMILES string of the molecule is COC(=O)C1CCN(CCc2ccc(O)cc2)CC1. The molecule has 4 nitrogen and oxygen atoms in total. The van der Waals surface area contributed by atoms with Crippen LogP contribution in [0.4, 0.5) is 0 Å². The summed E-state index contributed by atoms with van der Waals surface area (Å²) < 4.78 is 4.78. The van der Waals surface area contributed by atoms with E-state index < -0.39 is 0 Å². The zero-order chi connectivity index (χ0) is 13.7. The number of likely N-dealkylation sites (tertiary alicyclic amines) is 1. The van der Waals surface area contributed by atoms with Gasteiger partial charge in [-0.15, -0.1) is 0 Å². The van der Waals surface area contributed by atoms with Crippen molar-refractivity contribution in [3.05, 3.63) is 29.8 Å². The molecule has 0 atom stereocenters. The monoisotopic (exact) mass is 263 g/mol. The summed E-state index contributed by atoms with van der Waals surface area (Å²) in [5, 5.41) is 9.22. The molecule has 1 heterocycles. The molecule has 1 aromatic carbocycles. The van der Waals surface area contributed by atoms with Crippen LogP contribution in [0.5, 0.6) is 5.75 Å². The Morgan fingerprint density at radius 3 is 2.53 bits per heavy atom. The molecule has 0 bridgehead atoms. The highest BCUT2D eigenvalue weighted by molar-refractivity contribution is 5.72. The minimum absolute atomic E-state index is 0.0711. The van der Waals surface area contributed by atoms with E-state index in [0.29, 0.717) is 5.75 Å². The topological polar surface area (TPSA) is 49.8 Å². The highest BCUT2D eigenvalue weighted by Crippen LogP contribution is 2.19. The Hall–Kier alpha value is -1.55. The summed E-state index contributed by atoms with van der Waals surface area (Å²) >= 11 is 0. The molecule has 0 spiro atoms. The van der Waals surface area contributed by atoms with Gasteiger partial charge in [0.05, 0.1) is 13.0 Å². The van der Waals surface area contributed by atoms with Crippen LogP contribution in [0, 0.1) is 5.92 Å². The normalized spacial score (nSPS) is 17.3. The van der Waals surface area contributed by atoms with E-state index in [0.717, 1.165) is 38.9 Å². The fraction of sp³-hybridized carbons (Fsp3) is 0.533. The number of phenols is 1. The summed E-state index contributed by atoms with van der Waals surface area (Å²) in [6, 6.07) is 7.35. The minimum Gasteiger partial charge on any atom is -0.508 e. The quantitative estimate of drug-likeness (QED) is 0.842. The predicted molar refractivity (Wildman–Crippen MR) is 73.0 cm³/mol. The summed E-state index contributed by atoms with van der Waals surface area (Å²) in [6.07, 6.45) is 2.76. The molecule has 1 aromatic rings. The van der Waals surface area contributed by atoms with Gasteiger partial charge in [-0.2, -0.15) is 0 Å². The van der Waals surface area contributed by atoms with E-state index in [-0.39, 0.29) is 11.9 Å². The lowest BCUT2D eigenvalue weighted by molar-refractivity contribution is -0.147. The van der Waals surface area contributed by atoms with Crippen LogP contribution in [-0.2, 0) is 16.0 Å². The zero-order valence-corrected chi connectivity index (χ0v) is 11.3. The number of phenolic OH excluding ortho intramolecular Hbond substituents is 1. The van der Waals surface area contributed by atoms with Gasteiger partial charge in [-0.3, -0.25) is 4.79 Å². The number of carbonyl (C=O) groups excluding carboxylic acids is 1. The van der Waals surface area contributed by atoms with Crippen molar-refractivity contribution in [3.63, 3.8) is 0 Å². The van der Waals surface area contributed by atoms with Crippen molar-refractivity contribution >= 4 is 5.97 Å². The zero-order valence-electron chi connectivity index (χ0n) is 11.3. The molecule has 1 N–H and O–H groups in total. The Morgan fingerprint density at radius 2 is 1.95 bits per heavy atom. The number of ether oxygens (including phenoxy) is 1. The molecule has 1 aliphatic rings. The molecule has 19 heavy (non-hydrogen) atoms. The van der Waals surface area contributed by atoms with Crippen LogP contribution in [-0.4, -0.2) is 42.7 Å². The summed E-state index contributed by atoms with van der Waals surface area (Å²) in [5.41, 5.74) is 1.23. The first-order valence-electron chi connectivity index (χ1n) is 6.77. The average Bonchev–Trinajstić information content (AvgIpc) is 2.46. The van der Waals surface area contributed by atoms with Crippen molar-refractivity contribution in [2.75, 3.05) is 26.7 Å². The van der Waals surface area contributed by atoms with Crippen molar-refractivity contribution in [1.29, 1.82) is 0 Å². The Morgan fingerprint density at radius 1 is 1.32 bits per heavy atom. The molecular formula is C15H21NO3. The molecule has 0 aliphatic carbocycles. The van der Waals surface area contributed by atoms with Crippen molar-refractivity contribution in [2.24, 2.45) is 5.92 Å². The Kier molecular flexibility index (Phi) is 4.80. The predicted octanol–water partition coefficient (Wildman–Crippen LogP) is 1.82. The van der Waals surface area contributed by atoms with Gasteiger partial charge in [0, 0.05) is 6.54 Å². The van der Waals surface area contributed by atoms with Crippen LogP contribution in [0.25, 0.3) is 0 Å². The lowest BCUT2D eigenvalue weighted by Gasteiger charge is -2.30. The van der Waals surface area contributed by atoms with Crippen LogP contribution in [0.15, 0.2) is 24.3 Å². The van der Waals surface area contributed by atoms with E-state index in [9.17, 15) is 9.90 Å². The molecule has 0 radical (unpaired) electrons. The van der Waals surface area contributed by atoms with Crippen LogP contribution in [0.3, 0.4) is 0 Å². The number of aromatic hydroxyl groups is 1. The van der Waals surface area contributed by atoms with E-state index in [1.165, 1.54) is 12.7 Å². The van der Waals surface area contributed by atoms with E-state index in [1.807, 2.05) is 12.1 Å². The molecule has 4 heteroatoms. The maximum atomic E-state index is 11.4. The molecule has 1 saturated heterocycles. The molecule has 2 rings (SSSR count). The van der Waals surface area contributed by atoms with Crippen molar-refractivity contribution in [1.82, 2.24) is 4.90 Å². The number of hydrogen-bond acceptors (Lipinski definition) is 4. The van der Waals surface area contributed by atoms with Gasteiger partial charge in [0.25, 0.3) is 0 Å². The number of hydrogen-bond donors (Lipinski definition) is 1. The third-order valence-corrected chi connectivity index (χ3v) is 3.78. The van der Waals surface area contributed by atoms with Gasteiger partial charge in [-0.25, -0.2) is 0 Å². The van der Waals surface area contributed by atoms with E-state index in [1.54, 1.807) is 12.1 Å². The average molecular weight is 263 g/mol. The smallest absolute Gasteiger partial charge is 0.308 e. The van der Waals surface area contributed by atoms with Crippen molar-refractivity contribution in [3.8, 4) is 5.75 Å². The molecule has 0 unspecified atom stereocenters. The van der Waals surface area contributed by atoms with Gasteiger partial charge in [0.15, 0.2) is 0 Å². The van der Waals surface area contributed by atoms with Crippen LogP contribution in [0.1, 0.15) is 18.4 Å². The number of methoxy groups -OCH3 is 1. The Labute approximate surface area is 114 Å². The lowest BCUT2D eigenvalue weighted by Crippen LogP contribution is -2.37. The molecule has 1 fully saturated rings. The summed E-state index contributed by atoms with van der Waals surface area (Å²) in [4.78, 5) is 13.8. The molecule has 104 valence electrons. The van der Waals surface area contributed by atoms with Gasteiger partial charge in [0.1, 0.15) is 5.75 Å². The number of rotatable bonds is 4. The van der Waals surface area contributed by atoms with Gasteiger partial charge in [0.2, 0.25) is 0 Å². The van der Waals surface area contributed by atoms with Gasteiger partial charge in [-0.1, -0.05) is 12.1 Å². The van der Waals surface area contributed by atoms with Crippen LogP contribution in [0.2, 0.25) is 0 Å². The molecular weight excluding hydrogens is 242 g/mol. The summed E-state index contributed by atoms with van der Waals surface area (Å²) in [6.45, 7) is 2.91. The van der Waals surface area contributed by atoms with E-state index in [2.05, 4.69) is 4.90 Å². The van der Waals surface area contributed by atoms with E-state index >= 15 is 0 Å². The lowest BCUT2D eigenvalue weighted by atomic mass is 9.97. The Bertz CT molecular complexity index is 408. The molecule has 0 amide bonds. The number of esters is 1. The highest BCUT2D eigenvalue weighted by Gasteiger charge is 2.25.